The summed E-state index contributed by atoms with van der Waals surface area (Å²) in [5, 5.41) is 0. The molecule has 0 aliphatic carbocycles. The lowest BCUT2D eigenvalue weighted by atomic mass is 10.2. The van der Waals surface area contributed by atoms with Gasteiger partial charge in [-0.15, -0.1) is 6.42 Å². The molecule has 0 amide bonds. The van der Waals surface area contributed by atoms with Gasteiger partial charge in [0.05, 0.1) is 12.9 Å². The van der Waals surface area contributed by atoms with Crippen LogP contribution in [0.15, 0.2) is 30.9 Å². The van der Waals surface area contributed by atoms with Gasteiger partial charge in [0.1, 0.15) is 11.5 Å². The Bertz CT molecular complexity index is 493. The zero-order chi connectivity index (χ0) is 10.7. The van der Waals surface area contributed by atoms with E-state index >= 15 is 0 Å². The van der Waals surface area contributed by atoms with E-state index < -0.39 is 0 Å². The van der Waals surface area contributed by atoms with Crippen LogP contribution in [0.25, 0.3) is 11.3 Å². The SMILES string of the molecule is C#CCn1cnc(-c2cccnc2)c1N. The molecule has 15 heavy (non-hydrogen) atoms. The van der Waals surface area contributed by atoms with E-state index in [1.807, 2.05) is 12.1 Å². The van der Waals surface area contributed by atoms with Crippen molar-refractivity contribution >= 4 is 5.82 Å². The van der Waals surface area contributed by atoms with E-state index in [1.54, 1.807) is 23.3 Å². The van der Waals surface area contributed by atoms with Crippen LogP contribution in [0.3, 0.4) is 0 Å². The van der Waals surface area contributed by atoms with Gasteiger partial charge >= 0.3 is 0 Å². The summed E-state index contributed by atoms with van der Waals surface area (Å²) in [6.07, 6.45) is 10.3. The van der Waals surface area contributed by atoms with Crippen molar-refractivity contribution in [3.8, 4) is 23.6 Å². The van der Waals surface area contributed by atoms with Gasteiger partial charge in [0.15, 0.2) is 0 Å². The Labute approximate surface area is 87.8 Å². The van der Waals surface area contributed by atoms with E-state index in [0.29, 0.717) is 12.4 Å². The highest BCUT2D eigenvalue weighted by atomic mass is 15.1. The molecule has 2 rings (SSSR count). The zero-order valence-corrected chi connectivity index (χ0v) is 8.09. The second-order valence-electron chi connectivity index (χ2n) is 3.05. The average molecular weight is 198 g/mol. The molecule has 74 valence electrons. The van der Waals surface area contributed by atoms with E-state index in [-0.39, 0.29) is 0 Å². The molecule has 0 saturated carbocycles. The maximum Gasteiger partial charge on any atom is 0.132 e. The van der Waals surface area contributed by atoms with Crippen LogP contribution in [-0.2, 0) is 6.54 Å². The molecule has 0 aliphatic heterocycles. The third-order valence-electron chi connectivity index (χ3n) is 2.07. The second-order valence-corrected chi connectivity index (χ2v) is 3.05. The predicted octanol–water partition coefficient (Wildman–Crippen LogP) is 1.16. The van der Waals surface area contributed by atoms with Crippen LogP contribution in [0, 0.1) is 12.3 Å². The molecule has 0 aliphatic rings. The third kappa shape index (κ3) is 1.67. The molecule has 0 aromatic carbocycles. The quantitative estimate of drug-likeness (QED) is 0.737. The largest absolute Gasteiger partial charge is 0.383 e. The number of pyridine rings is 1. The molecule has 0 bridgehead atoms. The van der Waals surface area contributed by atoms with Crippen LogP contribution >= 0.6 is 0 Å². The van der Waals surface area contributed by atoms with Gasteiger partial charge in [0.25, 0.3) is 0 Å². The Balaban J connectivity index is 2.43. The van der Waals surface area contributed by atoms with E-state index in [4.69, 9.17) is 12.2 Å². The molecule has 0 saturated heterocycles. The molecule has 2 aromatic rings. The van der Waals surface area contributed by atoms with Crippen LogP contribution in [-0.4, -0.2) is 14.5 Å². The summed E-state index contributed by atoms with van der Waals surface area (Å²) in [5.74, 6) is 3.09. The molecule has 0 fully saturated rings. The first kappa shape index (κ1) is 9.28. The number of nitrogens with two attached hydrogens (primary N) is 1. The second kappa shape index (κ2) is 3.84. The highest BCUT2D eigenvalue weighted by Crippen LogP contribution is 2.22. The third-order valence-corrected chi connectivity index (χ3v) is 2.07. The Kier molecular flexibility index (Phi) is 2.38. The molecule has 2 N–H and O–H groups in total. The molecular formula is C11H10N4. The van der Waals surface area contributed by atoms with Gasteiger partial charge in [0.2, 0.25) is 0 Å². The molecule has 0 radical (unpaired) electrons. The maximum atomic E-state index is 5.90. The Morgan fingerprint density at radius 1 is 1.53 bits per heavy atom. The van der Waals surface area contributed by atoms with E-state index in [2.05, 4.69) is 15.9 Å². The van der Waals surface area contributed by atoms with Gasteiger partial charge < -0.3 is 10.3 Å². The summed E-state index contributed by atoms with van der Waals surface area (Å²) >= 11 is 0. The number of hydrogen-bond acceptors (Lipinski definition) is 3. The number of nitrogen functional groups attached to an aromatic ring is 1. The van der Waals surface area contributed by atoms with Crippen LogP contribution in [0.4, 0.5) is 5.82 Å². The van der Waals surface area contributed by atoms with Crippen molar-refractivity contribution in [2.75, 3.05) is 5.73 Å². The highest BCUT2D eigenvalue weighted by molar-refractivity contribution is 5.69. The van der Waals surface area contributed by atoms with Crippen molar-refractivity contribution in [1.82, 2.24) is 14.5 Å². The standard InChI is InChI=1S/C11H10N4/c1-2-6-15-8-14-10(11(15)12)9-4-3-5-13-7-9/h1,3-5,7-8H,6,12H2. The van der Waals surface area contributed by atoms with E-state index in [0.717, 1.165) is 11.3 Å². The van der Waals surface area contributed by atoms with E-state index in [1.165, 1.54) is 0 Å². The smallest absolute Gasteiger partial charge is 0.132 e. The summed E-state index contributed by atoms with van der Waals surface area (Å²) in [6.45, 7) is 0.430. The van der Waals surface area contributed by atoms with Crippen molar-refractivity contribution in [3.63, 3.8) is 0 Å². The van der Waals surface area contributed by atoms with Crippen molar-refractivity contribution in [2.24, 2.45) is 0 Å². The van der Waals surface area contributed by atoms with Crippen LogP contribution in [0.1, 0.15) is 0 Å². The van der Waals surface area contributed by atoms with Crippen molar-refractivity contribution < 1.29 is 0 Å². The number of hydrogen-bond donors (Lipinski definition) is 1. The maximum absolute atomic E-state index is 5.90. The van der Waals surface area contributed by atoms with Crippen LogP contribution in [0.2, 0.25) is 0 Å². The number of terminal acetylenes is 1. The summed E-state index contributed by atoms with van der Waals surface area (Å²) in [6, 6.07) is 3.75. The van der Waals surface area contributed by atoms with Crippen molar-refractivity contribution in [1.29, 1.82) is 0 Å². The molecule has 0 spiro atoms. The van der Waals surface area contributed by atoms with Gasteiger partial charge in [-0.2, -0.15) is 0 Å². The molecule has 2 aromatic heterocycles. The Hall–Kier alpha value is -2.28. The predicted molar refractivity (Wildman–Crippen MR) is 58.7 cm³/mol. The highest BCUT2D eigenvalue weighted by Gasteiger charge is 2.08. The molecule has 4 nitrogen and oxygen atoms in total. The van der Waals surface area contributed by atoms with Crippen molar-refractivity contribution in [3.05, 3.63) is 30.9 Å². The molecular weight excluding hydrogens is 188 g/mol. The number of rotatable bonds is 2. The van der Waals surface area contributed by atoms with Crippen molar-refractivity contribution in [2.45, 2.75) is 6.54 Å². The lowest BCUT2D eigenvalue weighted by Crippen LogP contribution is -2.00. The molecule has 0 atom stereocenters. The lowest BCUT2D eigenvalue weighted by molar-refractivity contribution is 0.852. The summed E-state index contributed by atoms with van der Waals surface area (Å²) in [7, 11) is 0. The number of imidazole rings is 1. The first-order valence-electron chi connectivity index (χ1n) is 4.47. The molecule has 4 heteroatoms. The number of nitrogens with zero attached hydrogens (tertiary/aromatic N) is 3. The fourth-order valence-corrected chi connectivity index (χ4v) is 1.34. The zero-order valence-electron chi connectivity index (χ0n) is 8.09. The van der Waals surface area contributed by atoms with Gasteiger partial charge in [-0.05, 0) is 12.1 Å². The van der Waals surface area contributed by atoms with Gasteiger partial charge in [-0.25, -0.2) is 4.98 Å². The summed E-state index contributed by atoms with van der Waals surface area (Å²) < 4.78 is 1.72. The number of anilines is 1. The topological polar surface area (TPSA) is 56.7 Å². The minimum Gasteiger partial charge on any atom is -0.383 e. The minimum absolute atomic E-state index is 0.430. The van der Waals surface area contributed by atoms with Gasteiger partial charge in [0, 0.05) is 18.0 Å². The first-order chi connectivity index (χ1) is 7.33. The first-order valence-corrected chi connectivity index (χ1v) is 4.47. The van der Waals surface area contributed by atoms with E-state index in [9.17, 15) is 0 Å². The minimum atomic E-state index is 0.430. The fourth-order valence-electron chi connectivity index (χ4n) is 1.34. The fraction of sp³-hybridized carbons (Fsp3) is 0.0909. The van der Waals surface area contributed by atoms with Gasteiger partial charge in [-0.1, -0.05) is 5.92 Å². The lowest BCUT2D eigenvalue weighted by Gasteiger charge is -2.00. The Morgan fingerprint density at radius 3 is 3.07 bits per heavy atom. The van der Waals surface area contributed by atoms with Gasteiger partial charge in [-0.3, -0.25) is 4.98 Å². The average Bonchev–Trinajstić information content (AvgIpc) is 2.63. The van der Waals surface area contributed by atoms with Crippen LogP contribution in [0.5, 0.6) is 0 Å². The molecule has 0 unspecified atom stereocenters. The summed E-state index contributed by atoms with van der Waals surface area (Å²) in [4.78, 5) is 8.22. The van der Waals surface area contributed by atoms with Crippen LogP contribution < -0.4 is 5.73 Å². The summed E-state index contributed by atoms with van der Waals surface area (Å²) in [5.41, 5.74) is 7.51. The monoisotopic (exact) mass is 198 g/mol. The normalized spacial score (nSPS) is 9.80. The molecule has 2 heterocycles. The Morgan fingerprint density at radius 2 is 2.40 bits per heavy atom. The number of aromatic nitrogens is 3.